The Labute approximate surface area is 116 Å². The minimum Gasteiger partial charge on any atom is -0.504 e. The van der Waals surface area contributed by atoms with E-state index in [1.54, 1.807) is 4.68 Å². The Morgan fingerprint density at radius 2 is 2.10 bits per heavy atom. The Morgan fingerprint density at radius 1 is 1.40 bits per heavy atom. The van der Waals surface area contributed by atoms with Crippen LogP contribution in [-0.2, 0) is 0 Å². The highest BCUT2D eigenvalue weighted by molar-refractivity contribution is 5.89. The molecule has 2 aromatic rings. The first-order valence-electron chi connectivity index (χ1n) is 6.73. The van der Waals surface area contributed by atoms with E-state index in [1.165, 1.54) is 0 Å². The third-order valence-corrected chi connectivity index (χ3v) is 3.99. The van der Waals surface area contributed by atoms with Gasteiger partial charge in [0.25, 0.3) is 0 Å². The summed E-state index contributed by atoms with van der Waals surface area (Å²) >= 11 is 0. The van der Waals surface area contributed by atoms with Crippen LogP contribution in [0.5, 0.6) is 5.75 Å². The van der Waals surface area contributed by atoms with Crippen molar-refractivity contribution >= 4 is 5.97 Å². The number of rotatable bonds is 3. The largest absolute Gasteiger partial charge is 0.504 e. The monoisotopic (exact) mass is 272 g/mol. The van der Waals surface area contributed by atoms with Gasteiger partial charge in [0.1, 0.15) is 0 Å². The van der Waals surface area contributed by atoms with Crippen LogP contribution in [-0.4, -0.2) is 26.0 Å². The Hall–Kier alpha value is -2.30. The number of carbonyl (C=O) groups is 1. The van der Waals surface area contributed by atoms with Gasteiger partial charge in [0.15, 0.2) is 5.75 Å². The molecule has 0 amide bonds. The van der Waals surface area contributed by atoms with E-state index in [0.29, 0.717) is 5.69 Å². The maximum absolute atomic E-state index is 11.1. The van der Waals surface area contributed by atoms with E-state index in [1.807, 2.05) is 37.3 Å². The topological polar surface area (TPSA) is 75.4 Å². The molecule has 1 aliphatic heterocycles. The molecule has 2 N–H and O–H groups in total. The molecule has 0 fully saturated rings. The number of aromatic nitrogens is 2. The zero-order valence-corrected chi connectivity index (χ0v) is 11.2. The molecule has 0 saturated heterocycles. The SMILES string of the molecule is CCC1CC(c2ccccc2)n2nc(C(=O)O)c(O)c21. The highest BCUT2D eigenvalue weighted by Gasteiger charge is 2.37. The van der Waals surface area contributed by atoms with Crippen molar-refractivity contribution in [1.29, 1.82) is 0 Å². The minimum absolute atomic E-state index is 0.00449. The molecule has 1 aromatic carbocycles. The maximum Gasteiger partial charge on any atom is 0.360 e. The van der Waals surface area contributed by atoms with Gasteiger partial charge in [0, 0.05) is 5.92 Å². The molecule has 0 saturated carbocycles. The maximum atomic E-state index is 11.1. The average Bonchev–Trinajstić information content (AvgIpc) is 2.98. The van der Waals surface area contributed by atoms with Gasteiger partial charge in [-0.25, -0.2) is 4.79 Å². The number of carboxylic acid groups (broad SMARTS) is 1. The Morgan fingerprint density at radius 3 is 2.70 bits per heavy atom. The number of hydrogen-bond acceptors (Lipinski definition) is 3. The van der Waals surface area contributed by atoms with Crippen molar-refractivity contribution in [3.05, 3.63) is 47.3 Å². The van der Waals surface area contributed by atoms with Gasteiger partial charge in [-0.2, -0.15) is 5.10 Å². The van der Waals surface area contributed by atoms with Crippen molar-refractivity contribution in [3.63, 3.8) is 0 Å². The molecule has 2 heterocycles. The summed E-state index contributed by atoms with van der Waals surface area (Å²) in [5.41, 5.74) is 1.49. The first-order valence-corrected chi connectivity index (χ1v) is 6.73. The van der Waals surface area contributed by atoms with E-state index < -0.39 is 5.97 Å². The van der Waals surface area contributed by atoms with Crippen molar-refractivity contribution in [3.8, 4) is 5.75 Å². The number of fused-ring (bicyclic) bond motifs is 1. The summed E-state index contributed by atoms with van der Waals surface area (Å²) < 4.78 is 1.68. The Kier molecular flexibility index (Phi) is 2.97. The van der Waals surface area contributed by atoms with Crippen molar-refractivity contribution < 1.29 is 15.0 Å². The van der Waals surface area contributed by atoms with E-state index in [0.717, 1.165) is 18.4 Å². The predicted octanol–water partition coefficient (Wildman–Crippen LogP) is 2.77. The van der Waals surface area contributed by atoms with Crippen LogP contribution in [0, 0.1) is 0 Å². The Balaban J connectivity index is 2.12. The van der Waals surface area contributed by atoms with Crippen LogP contribution in [0.2, 0.25) is 0 Å². The average molecular weight is 272 g/mol. The van der Waals surface area contributed by atoms with Gasteiger partial charge in [-0.05, 0) is 18.4 Å². The van der Waals surface area contributed by atoms with E-state index in [4.69, 9.17) is 5.11 Å². The highest BCUT2D eigenvalue weighted by atomic mass is 16.4. The van der Waals surface area contributed by atoms with Crippen molar-refractivity contribution in [1.82, 2.24) is 9.78 Å². The summed E-state index contributed by atoms with van der Waals surface area (Å²) in [7, 11) is 0. The Bertz CT molecular complexity index is 649. The van der Waals surface area contributed by atoms with Crippen LogP contribution in [0.3, 0.4) is 0 Å². The first-order chi connectivity index (χ1) is 9.63. The van der Waals surface area contributed by atoms with Crippen LogP contribution < -0.4 is 0 Å². The van der Waals surface area contributed by atoms with Gasteiger partial charge in [-0.15, -0.1) is 0 Å². The number of aromatic hydroxyl groups is 1. The zero-order valence-electron chi connectivity index (χ0n) is 11.2. The molecule has 0 bridgehead atoms. The molecule has 5 nitrogen and oxygen atoms in total. The van der Waals surface area contributed by atoms with Crippen LogP contribution in [0.25, 0.3) is 0 Å². The summed E-state index contributed by atoms with van der Waals surface area (Å²) in [6.07, 6.45) is 1.69. The first kappa shape index (κ1) is 12.7. The number of carboxylic acids is 1. The van der Waals surface area contributed by atoms with Gasteiger partial charge >= 0.3 is 5.97 Å². The van der Waals surface area contributed by atoms with E-state index in [-0.39, 0.29) is 23.4 Å². The minimum atomic E-state index is -1.19. The molecule has 0 spiro atoms. The molecule has 0 radical (unpaired) electrons. The lowest BCUT2D eigenvalue weighted by atomic mass is 9.95. The lowest BCUT2D eigenvalue weighted by molar-refractivity contribution is 0.0686. The second kappa shape index (κ2) is 4.67. The van der Waals surface area contributed by atoms with Crippen LogP contribution in [0.4, 0.5) is 0 Å². The van der Waals surface area contributed by atoms with Crippen molar-refractivity contribution in [2.45, 2.75) is 31.7 Å². The predicted molar refractivity (Wildman–Crippen MR) is 73.1 cm³/mol. The molecule has 2 unspecified atom stereocenters. The van der Waals surface area contributed by atoms with E-state index >= 15 is 0 Å². The third kappa shape index (κ3) is 1.78. The van der Waals surface area contributed by atoms with Crippen LogP contribution in [0.15, 0.2) is 30.3 Å². The summed E-state index contributed by atoms with van der Waals surface area (Å²) in [5.74, 6) is -1.23. The van der Waals surface area contributed by atoms with Crippen LogP contribution >= 0.6 is 0 Å². The molecule has 5 heteroatoms. The molecule has 1 aliphatic rings. The molecule has 1 aromatic heterocycles. The highest BCUT2D eigenvalue weighted by Crippen LogP contribution is 2.46. The molecular weight excluding hydrogens is 256 g/mol. The summed E-state index contributed by atoms with van der Waals surface area (Å²) in [5, 5.41) is 23.3. The van der Waals surface area contributed by atoms with Crippen LogP contribution in [0.1, 0.15) is 53.5 Å². The van der Waals surface area contributed by atoms with E-state index in [9.17, 15) is 9.90 Å². The molecule has 20 heavy (non-hydrogen) atoms. The fraction of sp³-hybridized carbons (Fsp3) is 0.333. The number of nitrogens with zero attached hydrogens (tertiary/aromatic N) is 2. The normalized spacial score (nSPS) is 20.9. The molecule has 0 aliphatic carbocycles. The molecule has 2 atom stereocenters. The van der Waals surface area contributed by atoms with Gasteiger partial charge < -0.3 is 10.2 Å². The van der Waals surface area contributed by atoms with E-state index in [2.05, 4.69) is 5.10 Å². The fourth-order valence-electron chi connectivity index (χ4n) is 2.99. The summed E-state index contributed by atoms with van der Waals surface area (Å²) in [4.78, 5) is 11.1. The van der Waals surface area contributed by atoms with Crippen molar-refractivity contribution in [2.24, 2.45) is 0 Å². The summed E-state index contributed by atoms with van der Waals surface area (Å²) in [6, 6.07) is 9.86. The molecule has 104 valence electrons. The second-order valence-corrected chi connectivity index (χ2v) is 5.10. The number of hydrogen-bond donors (Lipinski definition) is 2. The quantitative estimate of drug-likeness (QED) is 0.900. The molecule has 3 rings (SSSR count). The van der Waals surface area contributed by atoms with Gasteiger partial charge in [-0.1, -0.05) is 37.3 Å². The second-order valence-electron chi connectivity index (χ2n) is 5.10. The zero-order chi connectivity index (χ0) is 14.3. The number of benzene rings is 1. The lowest BCUT2D eigenvalue weighted by Crippen LogP contribution is -2.09. The fourth-order valence-corrected chi connectivity index (χ4v) is 2.99. The molecular formula is C15H16N2O3. The van der Waals surface area contributed by atoms with Gasteiger partial charge in [0.2, 0.25) is 5.69 Å². The van der Waals surface area contributed by atoms with Gasteiger partial charge in [0.05, 0.1) is 11.7 Å². The van der Waals surface area contributed by atoms with Gasteiger partial charge in [-0.3, -0.25) is 4.68 Å². The third-order valence-electron chi connectivity index (χ3n) is 3.99. The number of aromatic carboxylic acids is 1. The smallest absolute Gasteiger partial charge is 0.360 e. The summed E-state index contributed by atoms with van der Waals surface area (Å²) in [6.45, 7) is 2.04. The van der Waals surface area contributed by atoms with Crippen molar-refractivity contribution in [2.75, 3.05) is 0 Å². The lowest BCUT2D eigenvalue weighted by Gasteiger charge is -2.12. The standard InChI is InChI=1S/C15H16N2O3/c1-2-9-8-11(10-6-4-3-5-7-10)17-13(9)14(18)12(16-17)15(19)20/h3-7,9,11,18H,2,8H2,1H3,(H,19,20).